The van der Waals surface area contributed by atoms with Crippen molar-refractivity contribution in [2.24, 2.45) is 0 Å². The quantitative estimate of drug-likeness (QED) is 0.102. The second-order valence-electron chi connectivity index (χ2n) is 12.4. The van der Waals surface area contributed by atoms with Crippen LogP contribution in [0.3, 0.4) is 0 Å². The first-order chi connectivity index (χ1) is 25.6. The second kappa shape index (κ2) is 17.3. The lowest BCUT2D eigenvalue weighted by Crippen LogP contribution is -2.59. The van der Waals surface area contributed by atoms with E-state index in [1.165, 1.54) is 7.11 Å². The van der Waals surface area contributed by atoms with Crippen LogP contribution in [0.5, 0.6) is 0 Å². The van der Waals surface area contributed by atoms with Gasteiger partial charge < -0.3 is 28.1 Å². The van der Waals surface area contributed by atoms with Gasteiger partial charge in [-0.1, -0.05) is 115 Å². The Kier molecular flexibility index (Phi) is 11.9. The molecule has 0 saturated carbocycles. The maximum atomic E-state index is 13.6. The van der Waals surface area contributed by atoms with Gasteiger partial charge in [-0.2, -0.15) is 0 Å². The van der Waals surface area contributed by atoms with Crippen LogP contribution in [0.4, 0.5) is 0 Å². The lowest BCUT2D eigenvalue weighted by atomic mass is 9.89. The van der Waals surface area contributed by atoms with Crippen molar-refractivity contribution in [1.29, 1.82) is 0 Å². The van der Waals surface area contributed by atoms with Gasteiger partial charge in [0.1, 0.15) is 30.2 Å². The molecule has 0 radical (unpaired) electrons. The zero-order valence-corrected chi connectivity index (χ0v) is 30.1. The van der Waals surface area contributed by atoms with E-state index in [-0.39, 0.29) is 19.8 Å². The Morgan fingerprint density at radius 2 is 1.35 bits per heavy atom. The summed E-state index contributed by atoms with van der Waals surface area (Å²) in [6.07, 6.45) is -0.256. The SMILES string of the molecule is COC(=O)C1OC(c2ccc(Cl)c(Cc3ncc(-c4ccco4)s3)c2)C(OCc2ccccc2)[C@@H](OCc2ccccc2)C1OCc1ccccc1. The van der Waals surface area contributed by atoms with Crippen molar-refractivity contribution < 1.29 is 32.9 Å². The maximum Gasteiger partial charge on any atom is 0.337 e. The van der Waals surface area contributed by atoms with Crippen LogP contribution in [0, 0.1) is 0 Å². The van der Waals surface area contributed by atoms with Gasteiger partial charge in [-0.15, -0.1) is 11.3 Å². The van der Waals surface area contributed by atoms with E-state index in [1.54, 1.807) is 23.8 Å². The molecule has 2 aromatic heterocycles. The fraction of sp³-hybridized carbons (Fsp3) is 0.238. The fourth-order valence-electron chi connectivity index (χ4n) is 6.27. The number of benzene rings is 4. The highest BCUT2D eigenvalue weighted by atomic mass is 35.5. The standard InChI is InChI=1S/C42H38ClNO7S/c1-46-42(45)41-40(50-27-30-16-9-4-10-17-30)39(49-26-29-14-7-3-8-15-29)38(48-25-28-12-5-2-6-13-28)37(51-41)31-19-20-33(43)32(22-31)23-36-44-24-35(52-36)34-18-11-21-47-34/h2-22,24,37-41H,23,25-27H2,1H3/t37?,38?,39-,40?,41?/m1/s1. The summed E-state index contributed by atoms with van der Waals surface area (Å²) in [5.41, 5.74) is 4.51. The van der Waals surface area contributed by atoms with E-state index >= 15 is 0 Å². The number of furan rings is 1. The number of methoxy groups -OCH3 is 1. The normalized spacial score (nSPS) is 20.1. The number of thiazole rings is 1. The molecule has 6 aromatic rings. The number of hydrogen-bond donors (Lipinski definition) is 0. The second-order valence-corrected chi connectivity index (χ2v) is 13.9. The van der Waals surface area contributed by atoms with Gasteiger partial charge in [-0.05, 0) is 46.0 Å². The Balaban J connectivity index is 1.25. The molecule has 1 aliphatic heterocycles. The van der Waals surface area contributed by atoms with E-state index in [1.807, 2.05) is 121 Å². The van der Waals surface area contributed by atoms with Gasteiger partial charge in [-0.25, -0.2) is 9.78 Å². The van der Waals surface area contributed by atoms with Gasteiger partial charge >= 0.3 is 5.97 Å². The molecular formula is C42H38ClNO7S. The zero-order valence-electron chi connectivity index (χ0n) is 28.5. The summed E-state index contributed by atoms with van der Waals surface area (Å²) >= 11 is 8.35. The van der Waals surface area contributed by atoms with Crippen LogP contribution in [0.15, 0.2) is 138 Å². The highest BCUT2D eigenvalue weighted by Gasteiger charge is 2.52. The van der Waals surface area contributed by atoms with Gasteiger partial charge in [-0.3, -0.25) is 0 Å². The van der Waals surface area contributed by atoms with E-state index < -0.39 is 36.5 Å². The Hall–Kier alpha value is -4.61. The van der Waals surface area contributed by atoms with Crippen LogP contribution in [-0.2, 0) is 54.7 Å². The molecule has 10 heteroatoms. The van der Waals surface area contributed by atoms with Gasteiger partial charge in [0.25, 0.3) is 0 Å². The highest BCUT2D eigenvalue weighted by molar-refractivity contribution is 7.15. The number of aromatic nitrogens is 1. The monoisotopic (exact) mass is 735 g/mol. The molecule has 266 valence electrons. The molecule has 1 aliphatic rings. The molecule has 7 rings (SSSR count). The van der Waals surface area contributed by atoms with Crippen LogP contribution in [0.1, 0.15) is 38.9 Å². The molecule has 1 fully saturated rings. The molecule has 1 saturated heterocycles. The van der Waals surface area contributed by atoms with Gasteiger partial charge in [0, 0.05) is 17.6 Å². The van der Waals surface area contributed by atoms with E-state index in [4.69, 9.17) is 39.7 Å². The molecule has 5 atom stereocenters. The number of carbonyl (C=O) groups is 1. The number of esters is 1. The Morgan fingerprint density at radius 1 is 0.750 bits per heavy atom. The van der Waals surface area contributed by atoms with E-state index in [9.17, 15) is 4.79 Å². The molecular weight excluding hydrogens is 698 g/mol. The number of ether oxygens (including phenoxy) is 5. The predicted molar refractivity (Wildman–Crippen MR) is 199 cm³/mol. The molecule has 4 aromatic carbocycles. The van der Waals surface area contributed by atoms with Crippen LogP contribution in [0.2, 0.25) is 5.02 Å². The van der Waals surface area contributed by atoms with Gasteiger partial charge in [0.05, 0.1) is 43.1 Å². The minimum absolute atomic E-state index is 0.225. The van der Waals surface area contributed by atoms with Crippen molar-refractivity contribution in [3.63, 3.8) is 0 Å². The molecule has 52 heavy (non-hydrogen) atoms. The maximum absolute atomic E-state index is 13.6. The van der Waals surface area contributed by atoms with Crippen LogP contribution < -0.4 is 0 Å². The van der Waals surface area contributed by atoms with E-state index in [2.05, 4.69) is 4.98 Å². The van der Waals surface area contributed by atoms with Crippen molar-refractivity contribution >= 4 is 28.9 Å². The highest BCUT2D eigenvalue weighted by Crippen LogP contribution is 2.40. The number of rotatable bonds is 14. The third kappa shape index (κ3) is 8.70. The van der Waals surface area contributed by atoms with Crippen LogP contribution in [-0.4, -0.2) is 42.5 Å². The minimum atomic E-state index is -1.12. The third-order valence-corrected chi connectivity index (χ3v) is 10.3. The topological polar surface area (TPSA) is 89.3 Å². The number of carbonyl (C=O) groups excluding carboxylic acids is 1. The molecule has 0 spiro atoms. The van der Waals surface area contributed by atoms with Crippen LogP contribution >= 0.6 is 22.9 Å². The van der Waals surface area contributed by atoms with Gasteiger partial charge in [0.2, 0.25) is 0 Å². The minimum Gasteiger partial charge on any atom is -0.467 e. The first-order valence-electron chi connectivity index (χ1n) is 17.0. The zero-order chi connectivity index (χ0) is 35.7. The number of hydrogen-bond acceptors (Lipinski definition) is 9. The Bertz CT molecular complexity index is 2010. The third-order valence-electron chi connectivity index (χ3n) is 8.88. The lowest BCUT2D eigenvalue weighted by Gasteiger charge is -2.45. The van der Waals surface area contributed by atoms with Crippen molar-refractivity contribution in [3.8, 4) is 10.6 Å². The average Bonchev–Trinajstić information content (AvgIpc) is 3.90. The predicted octanol–water partition coefficient (Wildman–Crippen LogP) is 9.02. The smallest absolute Gasteiger partial charge is 0.337 e. The van der Waals surface area contributed by atoms with Crippen molar-refractivity contribution in [3.05, 3.63) is 172 Å². The average molecular weight is 736 g/mol. The molecule has 0 N–H and O–H groups in total. The summed E-state index contributed by atoms with van der Waals surface area (Å²) in [4.78, 5) is 19.1. The number of nitrogens with zero attached hydrogens (tertiary/aromatic N) is 1. The first-order valence-corrected chi connectivity index (χ1v) is 18.2. The largest absolute Gasteiger partial charge is 0.467 e. The summed E-state index contributed by atoms with van der Waals surface area (Å²) in [5.74, 6) is 0.192. The molecule has 0 bridgehead atoms. The van der Waals surface area contributed by atoms with E-state index in [0.717, 1.165) is 43.5 Å². The summed E-state index contributed by atoms with van der Waals surface area (Å²) in [5, 5.41) is 1.46. The van der Waals surface area contributed by atoms with Gasteiger partial charge in [0.15, 0.2) is 6.10 Å². The molecule has 3 heterocycles. The van der Waals surface area contributed by atoms with E-state index in [0.29, 0.717) is 11.4 Å². The molecule has 8 nitrogen and oxygen atoms in total. The fourth-order valence-corrected chi connectivity index (χ4v) is 7.36. The molecule has 0 aliphatic carbocycles. The van der Waals surface area contributed by atoms with Crippen molar-refractivity contribution in [2.75, 3.05) is 7.11 Å². The Labute approximate surface area is 311 Å². The van der Waals surface area contributed by atoms with Crippen LogP contribution in [0.25, 0.3) is 10.6 Å². The lowest BCUT2D eigenvalue weighted by molar-refractivity contribution is -0.267. The van der Waals surface area contributed by atoms with Crippen molar-refractivity contribution in [1.82, 2.24) is 4.98 Å². The summed E-state index contributed by atoms with van der Waals surface area (Å²) < 4.78 is 37.7. The van der Waals surface area contributed by atoms with Crippen molar-refractivity contribution in [2.45, 2.75) is 56.8 Å². The molecule has 4 unspecified atom stereocenters. The summed E-state index contributed by atoms with van der Waals surface area (Å²) in [6, 6.07) is 39.1. The Morgan fingerprint density at radius 3 is 1.92 bits per heavy atom. The first kappa shape index (κ1) is 35.8. The summed E-state index contributed by atoms with van der Waals surface area (Å²) in [7, 11) is 1.35. The molecule has 0 amide bonds. The summed E-state index contributed by atoms with van der Waals surface area (Å²) in [6.45, 7) is 0.763. The number of halogens is 1.